The molecule has 11 heteroatoms. The minimum absolute atomic E-state index is 0.210. The average Bonchev–Trinajstić information content (AvgIpc) is 3.30. The van der Waals surface area contributed by atoms with Gasteiger partial charge in [0.1, 0.15) is 17.1 Å². The number of fused-ring (bicyclic) bond motifs is 1. The highest BCUT2D eigenvalue weighted by Gasteiger charge is 2.31. The number of halogens is 1. The number of allylic oxidation sites excluding steroid dienone is 1. The van der Waals surface area contributed by atoms with Crippen molar-refractivity contribution >= 4 is 52.1 Å². The highest BCUT2D eigenvalue weighted by Crippen LogP contribution is 2.44. The van der Waals surface area contributed by atoms with Crippen LogP contribution in [0.25, 0.3) is 5.57 Å². The van der Waals surface area contributed by atoms with Crippen molar-refractivity contribution in [1.82, 2.24) is 9.88 Å². The van der Waals surface area contributed by atoms with E-state index in [0.29, 0.717) is 42.6 Å². The van der Waals surface area contributed by atoms with E-state index in [1.165, 1.54) is 28.0 Å². The minimum atomic E-state index is -0.997. The van der Waals surface area contributed by atoms with Crippen LogP contribution in [0, 0.1) is 5.41 Å². The summed E-state index contributed by atoms with van der Waals surface area (Å²) >= 11 is 6.23. The van der Waals surface area contributed by atoms with E-state index >= 15 is 0 Å². The summed E-state index contributed by atoms with van der Waals surface area (Å²) in [6.07, 6.45) is 3.48. The van der Waals surface area contributed by atoms with Crippen LogP contribution in [0.3, 0.4) is 0 Å². The number of carbonyl (C=O) groups is 2. The molecule has 2 aromatic carbocycles. The molecule has 272 valence electrons. The number of anilines is 4. The minimum Gasteiger partial charge on any atom is -0.478 e. The number of ether oxygens (including phenoxy) is 2. The van der Waals surface area contributed by atoms with E-state index < -0.39 is 17.7 Å². The van der Waals surface area contributed by atoms with Gasteiger partial charge in [0.15, 0.2) is 0 Å². The van der Waals surface area contributed by atoms with Gasteiger partial charge in [-0.05, 0) is 105 Å². The molecule has 0 atom stereocenters. The Morgan fingerprint density at radius 1 is 1.00 bits per heavy atom. The van der Waals surface area contributed by atoms with Crippen LogP contribution in [-0.2, 0) is 4.74 Å². The molecule has 0 radical (unpaired) electrons. The molecule has 3 heterocycles. The Morgan fingerprint density at radius 2 is 1.73 bits per heavy atom. The number of rotatable bonds is 7. The number of nitrogens with zero attached hydrogens (tertiary/aromatic N) is 5. The van der Waals surface area contributed by atoms with Gasteiger partial charge in [0.05, 0.1) is 17.9 Å². The van der Waals surface area contributed by atoms with Gasteiger partial charge in [-0.2, -0.15) is 4.98 Å². The van der Waals surface area contributed by atoms with Gasteiger partial charge in [-0.15, -0.1) is 0 Å². The van der Waals surface area contributed by atoms with Crippen LogP contribution >= 0.6 is 11.6 Å². The lowest BCUT2D eigenvalue weighted by Gasteiger charge is -2.39. The normalized spacial score (nSPS) is 18.1. The predicted octanol–water partition coefficient (Wildman–Crippen LogP) is 8.51. The second-order valence-corrected chi connectivity index (χ2v) is 16.0. The van der Waals surface area contributed by atoms with Crippen molar-refractivity contribution in [3.05, 3.63) is 76.3 Å². The van der Waals surface area contributed by atoms with Crippen LogP contribution in [0.15, 0.2) is 60.2 Å². The van der Waals surface area contributed by atoms with E-state index in [9.17, 15) is 14.7 Å². The monoisotopic (exact) mass is 715 g/mol. The molecule has 1 amide bonds. The first kappa shape index (κ1) is 36.5. The smallest absolute Gasteiger partial charge is 0.415 e. The lowest BCUT2D eigenvalue weighted by molar-refractivity contribution is 0.0587. The summed E-state index contributed by atoms with van der Waals surface area (Å²) in [5, 5.41) is 11.0. The maximum atomic E-state index is 12.7. The zero-order valence-corrected chi connectivity index (χ0v) is 31.4. The Balaban J connectivity index is 1.21. The van der Waals surface area contributed by atoms with Crippen molar-refractivity contribution in [2.75, 3.05) is 67.6 Å². The Morgan fingerprint density at radius 3 is 2.41 bits per heavy atom. The average molecular weight is 716 g/mol. The first-order valence-corrected chi connectivity index (χ1v) is 18.2. The van der Waals surface area contributed by atoms with Gasteiger partial charge in [0.2, 0.25) is 5.88 Å². The SMILES string of the molecule is CN(C(=O)OC(C)(C)C)c1ccc2c(n1)OCCCN2c1cc(N2CCN(CC3=C(c4ccc(Cl)cc4)CC(C)(C)CC3)CC2)ccc1C(=O)O. The van der Waals surface area contributed by atoms with Gasteiger partial charge in [0.25, 0.3) is 0 Å². The highest BCUT2D eigenvalue weighted by molar-refractivity contribution is 6.30. The summed E-state index contributed by atoms with van der Waals surface area (Å²) < 4.78 is 11.6. The van der Waals surface area contributed by atoms with E-state index in [0.717, 1.165) is 56.3 Å². The predicted molar refractivity (Wildman–Crippen MR) is 204 cm³/mol. The van der Waals surface area contributed by atoms with E-state index in [2.05, 4.69) is 40.8 Å². The number of piperazine rings is 1. The van der Waals surface area contributed by atoms with Gasteiger partial charge in [0, 0.05) is 57.0 Å². The summed E-state index contributed by atoms with van der Waals surface area (Å²) in [7, 11) is 1.61. The number of aromatic carboxylic acids is 1. The molecule has 10 nitrogen and oxygen atoms in total. The molecule has 0 saturated carbocycles. The lowest BCUT2D eigenvalue weighted by atomic mass is 9.72. The van der Waals surface area contributed by atoms with Crippen molar-refractivity contribution < 1.29 is 24.2 Å². The fourth-order valence-corrected chi connectivity index (χ4v) is 7.25. The molecular weight excluding hydrogens is 666 g/mol. The van der Waals surface area contributed by atoms with E-state index in [4.69, 9.17) is 21.1 Å². The Labute approximate surface area is 306 Å². The maximum Gasteiger partial charge on any atom is 0.415 e. The molecule has 1 N–H and O–H groups in total. The number of pyridine rings is 1. The fourth-order valence-electron chi connectivity index (χ4n) is 7.13. The molecule has 1 saturated heterocycles. The van der Waals surface area contributed by atoms with Crippen LogP contribution in [0.5, 0.6) is 5.88 Å². The topological polar surface area (TPSA) is 98.7 Å². The Kier molecular flexibility index (Phi) is 10.6. The standard InChI is InChI=1S/C40H50ClN5O5/c1-39(2,3)51-38(49)43(6)35-15-14-33-36(42-35)50-23-7-18-46(33)34-24-30(12-13-31(34)37(47)48)45-21-19-44(20-22-45)26-28-16-17-40(4,5)25-32(28)27-8-10-29(41)11-9-27/h8-15,24H,7,16-23,25-26H2,1-6H3,(H,47,48). The molecule has 6 rings (SSSR count). The molecular formula is C40H50ClN5O5. The van der Waals surface area contributed by atoms with Gasteiger partial charge in [-0.3, -0.25) is 9.80 Å². The molecule has 51 heavy (non-hydrogen) atoms. The van der Waals surface area contributed by atoms with E-state index in [1.807, 2.05) is 56.0 Å². The van der Waals surface area contributed by atoms with Gasteiger partial charge in [-0.1, -0.05) is 43.2 Å². The van der Waals surface area contributed by atoms with E-state index in [-0.39, 0.29) is 11.0 Å². The number of hydrogen-bond acceptors (Lipinski definition) is 8. The first-order valence-electron chi connectivity index (χ1n) is 17.9. The molecule has 0 bridgehead atoms. The zero-order valence-electron chi connectivity index (χ0n) is 30.7. The number of carboxylic acid groups (broad SMARTS) is 1. The van der Waals surface area contributed by atoms with Crippen molar-refractivity contribution in [3.8, 4) is 5.88 Å². The zero-order chi connectivity index (χ0) is 36.5. The number of benzene rings is 2. The second kappa shape index (κ2) is 14.8. The number of hydrogen-bond donors (Lipinski definition) is 1. The molecule has 3 aliphatic rings. The third-order valence-corrected chi connectivity index (χ3v) is 10.2. The van der Waals surface area contributed by atoms with Crippen LogP contribution in [0.4, 0.5) is 27.7 Å². The summed E-state index contributed by atoms with van der Waals surface area (Å²) in [5.41, 5.74) is 6.30. The van der Waals surface area contributed by atoms with Crippen molar-refractivity contribution in [2.45, 2.75) is 65.9 Å². The molecule has 2 aliphatic heterocycles. The molecule has 0 unspecified atom stereocenters. The molecule has 0 spiro atoms. The van der Waals surface area contributed by atoms with Crippen molar-refractivity contribution in [2.24, 2.45) is 5.41 Å². The lowest BCUT2D eigenvalue weighted by Crippen LogP contribution is -2.47. The summed E-state index contributed by atoms with van der Waals surface area (Å²) in [6.45, 7) is 15.6. The Hall–Kier alpha value is -4.28. The quantitative estimate of drug-likeness (QED) is 0.258. The number of carboxylic acids is 1. The number of amides is 1. The highest BCUT2D eigenvalue weighted by atomic mass is 35.5. The van der Waals surface area contributed by atoms with Gasteiger partial charge in [-0.25, -0.2) is 9.59 Å². The summed E-state index contributed by atoms with van der Waals surface area (Å²) in [4.78, 5) is 38.2. The number of aromatic nitrogens is 1. The summed E-state index contributed by atoms with van der Waals surface area (Å²) in [5.74, 6) is -0.278. The van der Waals surface area contributed by atoms with Gasteiger partial charge < -0.3 is 24.4 Å². The van der Waals surface area contributed by atoms with Crippen LogP contribution < -0.4 is 19.4 Å². The summed E-state index contributed by atoms with van der Waals surface area (Å²) in [6, 6.07) is 17.5. The largest absolute Gasteiger partial charge is 0.478 e. The Bertz CT molecular complexity index is 1790. The van der Waals surface area contributed by atoms with Crippen LogP contribution in [0.1, 0.15) is 76.2 Å². The number of carbonyl (C=O) groups excluding carboxylic acids is 1. The fraction of sp³-hybridized carbons (Fsp3) is 0.475. The van der Waals surface area contributed by atoms with Crippen LogP contribution in [0.2, 0.25) is 5.02 Å². The van der Waals surface area contributed by atoms with Crippen molar-refractivity contribution in [3.63, 3.8) is 0 Å². The van der Waals surface area contributed by atoms with E-state index in [1.54, 1.807) is 19.2 Å². The van der Waals surface area contributed by atoms with Crippen molar-refractivity contribution in [1.29, 1.82) is 0 Å². The second-order valence-electron chi connectivity index (χ2n) is 15.6. The molecule has 3 aromatic rings. The van der Waals surface area contributed by atoms with Crippen LogP contribution in [-0.4, -0.2) is 85.6 Å². The molecule has 1 fully saturated rings. The molecule has 1 aliphatic carbocycles. The molecule has 1 aromatic heterocycles. The third kappa shape index (κ3) is 8.61. The van der Waals surface area contributed by atoms with Gasteiger partial charge >= 0.3 is 12.1 Å². The first-order chi connectivity index (χ1) is 24.2. The maximum absolute atomic E-state index is 12.7. The third-order valence-electron chi connectivity index (χ3n) is 9.92.